The maximum absolute atomic E-state index is 11.9. The van der Waals surface area contributed by atoms with Gasteiger partial charge in [0.2, 0.25) is 5.91 Å². The van der Waals surface area contributed by atoms with E-state index in [4.69, 9.17) is 11.5 Å². The second kappa shape index (κ2) is 6.88. The van der Waals surface area contributed by atoms with Gasteiger partial charge in [-0.05, 0) is 19.3 Å². The minimum Gasteiger partial charge on any atom is -0.384 e. The van der Waals surface area contributed by atoms with E-state index in [0.717, 1.165) is 32.1 Å². The lowest BCUT2D eigenvalue weighted by Crippen LogP contribution is -2.40. The predicted molar refractivity (Wildman–Crippen MR) is 68.8 cm³/mol. The molecule has 1 fully saturated rings. The van der Waals surface area contributed by atoms with E-state index < -0.39 is 5.91 Å². The number of rotatable bonds is 5. The first-order chi connectivity index (χ1) is 8.56. The molecule has 1 aliphatic rings. The van der Waals surface area contributed by atoms with Crippen LogP contribution in [0.5, 0.6) is 0 Å². The number of hydrogen-bond acceptors (Lipinski definition) is 4. The quantitative estimate of drug-likeness (QED) is 0.514. The Hall–Kier alpha value is -1.72. The Labute approximate surface area is 107 Å². The molecule has 0 radical (unpaired) electrons. The second-order valence-corrected chi connectivity index (χ2v) is 4.56. The van der Waals surface area contributed by atoms with Gasteiger partial charge < -0.3 is 22.1 Å². The molecule has 0 saturated heterocycles. The summed E-state index contributed by atoms with van der Waals surface area (Å²) in [6.45, 7) is 2.46. The van der Waals surface area contributed by atoms with Gasteiger partial charge in [0.25, 0.3) is 5.91 Å². The maximum Gasteiger partial charge on any atom is 0.271 e. The minimum absolute atomic E-state index is 0.0275. The summed E-state index contributed by atoms with van der Waals surface area (Å²) in [5.41, 5.74) is 10.8. The van der Waals surface area contributed by atoms with Crippen molar-refractivity contribution in [2.24, 2.45) is 17.4 Å². The van der Waals surface area contributed by atoms with Crippen molar-refractivity contribution in [3.05, 3.63) is 11.5 Å². The zero-order valence-corrected chi connectivity index (χ0v) is 10.8. The average Bonchev–Trinajstić information content (AvgIpc) is 2.86. The van der Waals surface area contributed by atoms with Crippen LogP contribution in [0.1, 0.15) is 39.0 Å². The molecule has 0 aromatic carbocycles. The van der Waals surface area contributed by atoms with Gasteiger partial charge in [0.1, 0.15) is 11.5 Å². The van der Waals surface area contributed by atoms with Crippen molar-refractivity contribution in [1.29, 1.82) is 0 Å². The standard InChI is InChI=1S/C12H22N4O2/c1-2-7-15-12(18)9(10(13)14)16-11(17)8-5-3-4-6-8/h8H,2-7,13-14H2,1H3,(H,15,18)(H,16,17). The van der Waals surface area contributed by atoms with E-state index in [1.54, 1.807) is 0 Å². The lowest BCUT2D eigenvalue weighted by atomic mass is 10.1. The summed E-state index contributed by atoms with van der Waals surface area (Å²) < 4.78 is 0. The molecule has 0 atom stereocenters. The van der Waals surface area contributed by atoms with Crippen molar-refractivity contribution >= 4 is 11.8 Å². The summed E-state index contributed by atoms with van der Waals surface area (Å²) in [7, 11) is 0. The summed E-state index contributed by atoms with van der Waals surface area (Å²) in [5.74, 6) is -0.779. The average molecular weight is 254 g/mol. The van der Waals surface area contributed by atoms with Crippen molar-refractivity contribution in [2.75, 3.05) is 6.54 Å². The van der Waals surface area contributed by atoms with E-state index in [2.05, 4.69) is 10.6 Å². The molecule has 2 amide bonds. The molecule has 0 heterocycles. The van der Waals surface area contributed by atoms with E-state index in [1.165, 1.54) is 0 Å². The molecular formula is C12H22N4O2. The van der Waals surface area contributed by atoms with Crippen molar-refractivity contribution in [3.8, 4) is 0 Å². The number of amides is 2. The topological polar surface area (TPSA) is 110 Å². The number of nitrogens with one attached hydrogen (secondary N) is 2. The molecule has 6 heteroatoms. The summed E-state index contributed by atoms with van der Waals surface area (Å²) >= 11 is 0. The summed E-state index contributed by atoms with van der Waals surface area (Å²) in [6.07, 6.45) is 4.63. The van der Waals surface area contributed by atoms with E-state index in [-0.39, 0.29) is 23.3 Å². The van der Waals surface area contributed by atoms with Crippen LogP contribution in [0, 0.1) is 5.92 Å². The van der Waals surface area contributed by atoms with Crippen LogP contribution in [-0.4, -0.2) is 18.4 Å². The molecule has 0 aromatic heterocycles. The molecule has 6 nitrogen and oxygen atoms in total. The van der Waals surface area contributed by atoms with Gasteiger partial charge in [0, 0.05) is 12.5 Å². The zero-order valence-electron chi connectivity index (χ0n) is 10.8. The zero-order chi connectivity index (χ0) is 13.5. The lowest BCUT2D eigenvalue weighted by molar-refractivity contribution is -0.126. The Morgan fingerprint density at radius 1 is 1.22 bits per heavy atom. The molecule has 0 spiro atoms. The highest BCUT2D eigenvalue weighted by atomic mass is 16.2. The Kier molecular flexibility index (Phi) is 5.48. The third kappa shape index (κ3) is 3.94. The van der Waals surface area contributed by atoms with Gasteiger partial charge in [0.15, 0.2) is 0 Å². The van der Waals surface area contributed by atoms with Crippen LogP contribution >= 0.6 is 0 Å². The van der Waals surface area contributed by atoms with Gasteiger partial charge in [-0.15, -0.1) is 0 Å². The van der Waals surface area contributed by atoms with E-state index in [1.807, 2.05) is 6.92 Å². The number of nitrogens with two attached hydrogens (primary N) is 2. The van der Waals surface area contributed by atoms with Crippen LogP contribution in [0.4, 0.5) is 0 Å². The van der Waals surface area contributed by atoms with Gasteiger partial charge in [-0.1, -0.05) is 19.8 Å². The molecule has 1 aliphatic carbocycles. The molecule has 0 unspecified atom stereocenters. The molecule has 1 saturated carbocycles. The van der Waals surface area contributed by atoms with Crippen LogP contribution in [0.25, 0.3) is 0 Å². The van der Waals surface area contributed by atoms with Crippen LogP contribution in [0.3, 0.4) is 0 Å². The fourth-order valence-corrected chi connectivity index (χ4v) is 2.00. The van der Waals surface area contributed by atoms with Crippen molar-refractivity contribution in [2.45, 2.75) is 39.0 Å². The van der Waals surface area contributed by atoms with Crippen molar-refractivity contribution in [3.63, 3.8) is 0 Å². The summed E-state index contributed by atoms with van der Waals surface area (Å²) in [4.78, 5) is 23.7. The Morgan fingerprint density at radius 2 is 1.83 bits per heavy atom. The highest BCUT2D eigenvalue weighted by Gasteiger charge is 2.25. The lowest BCUT2D eigenvalue weighted by Gasteiger charge is -2.14. The molecule has 18 heavy (non-hydrogen) atoms. The Morgan fingerprint density at radius 3 is 2.33 bits per heavy atom. The van der Waals surface area contributed by atoms with Gasteiger partial charge >= 0.3 is 0 Å². The number of carbonyl (C=O) groups is 2. The maximum atomic E-state index is 11.9. The van der Waals surface area contributed by atoms with Gasteiger partial charge in [-0.3, -0.25) is 9.59 Å². The first kappa shape index (κ1) is 14.3. The van der Waals surface area contributed by atoms with E-state index in [0.29, 0.717) is 6.54 Å². The van der Waals surface area contributed by atoms with E-state index >= 15 is 0 Å². The highest BCUT2D eigenvalue weighted by Crippen LogP contribution is 2.24. The molecule has 0 bridgehead atoms. The first-order valence-corrected chi connectivity index (χ1v) is 6.40. The normalized spacial score (nSPS) is 15.2. The number of carbonyl (C=O) groups excluding carboxylic acids is 2. The SMILES string of the molecule is CCCNC(=O)C(NC(=O)C1CCCC1)=C(N)N. The molecule has 1 rings (SSSR count). The Bertz CT molecular complexity index is 342. The second-order valence-electron chi connectivity index (χ2n) is 4.56. The van der Waals surface area contributed by atoms with Crippen LogP contribution < -0.4 is 22.1 Å². The predicted octanol–water partition coefficient (Wildman–Crippen LogP) is -0.0945. The fraction of sp³-hybridized carbons (Fsp3) is 0.667. The van der Waals surface area contributed by atoms with Crippen molar-refractivity contribution < 1.29 is 9.59 Å². The van der Waals surface area contributed by atoms with E-state index in [9.17, 15) is 9.59 Å². The smallest absolute Gasteiger partial charge is 0.271 e. The Balaban J connectivity index is 2.60. The summed E-state index contributed by atoms with van der Waals surface area (Å²) in [6, 6.07) is 0. The van der Waals surface area contributed by atoms with Crippen LogP contribution in [0.2, 0.25) is 0 Å². The minimum atomic E-state index is -0.428. The summed E-state index contributed by atoms with van der Waals surface area (Å²) in [5, 5.41) is 5.18. The third-order valence-electron chi connectivity index (χ3n) is 3.03. The van der Waals surface area contributed by atoms with Crippen LogP contribution in [-0.2, 0) is 9.59 Å². The number of hydrogen-bond donors (Lipinski definition) is 4. The molecule has 0 aliphatic heterocycles. The van der Waals surface area contributed by atoms with Gasteiger partial charge in [-0.2, -0.15) is 0 Å². The molecule has 6 N–H and O–H groups in total. The monoisotopic (exact) mass is 254 g/mol. The fourth-order valence-electron chi connectivity index (χ4n) is 2.00. The van der Waals surface area contributed by atoms with Crippen molar-refractivity contribution in [1.82, 2.24) is 10.6 Å². The molecular weight excluding hydrogens is 232 g/mol. The van der Waals surface area contributed by atoms with Crippen LogP contribution in [0.15, 0.2) is 11.5 Å². The third-order valence-corrected chi connectivity index (χ3v) is 3.03. The first-order valence-electron chi connectivity index (χ1n) is 6.40. The van der Waals surface area contributed by atoms with Gasteiger partial charge in [0.05, 0.1) is 0 Å². The molecule has 102 valence electrons. The largest absolute Gasteiger partial charge is 0.384 e. The molecule has 0 aromatic rings. The van der Waals surface area contributed by atoms with Gasteiger partial charge in [-0.25, -0.2) is 0 Å². The highest BCUT2D eigenvalue weighted by molar-refractivity contribution is 5.98.